The van der Waals surface area contributed by atoms with Crippen LogP contribution in [0.1, 0.15) is 32.1 Å². The van der Waals surface area contributed by atoms with Crippen molar-refractivity contribution < 1.29 is 0 Å². The molecule has 3 atom stereocenters. The maximum atomic E-state index is 2.25. The average Bonchev–Trinajstić information content (AvgIpc) is 2.60. The molecule has 1 unspecified atom stereocenters. The van der Waals surface area contributed by atoms with Crippen molar-refractivity contribution in [3.05, 3.63) is 30.3 Å². The van der Waals surface area contributed by atoms with Crippen LogP contribution in [-0.4, -0.2) is 5.25 Å². The van der Waals surface area contributed by atoms with Crippen LogP contribution in [-0.2, 0) is 0 Å². The molecular formula is C14H18S. The monoisotopic (exact) mass is 218 g/mol. The molecule has 2 bridgehead atoms. The third kappa shape index (κ3) is 2.23. The number of thioether (sulfide) groups is 1. The zero-order chi connectivity index (χ0) is 10.1. The molecule has 2 saturated carbocycles. The van der Waals surface area contributed by atoms with Crippen LogP contribution in [0.4, 0.5) is 0 Å². The molecule has 2 fully saturated rings. The molecule has 0 amide bonds. The van der Waals surface area contributed by atoms with Crippen LogP contribution < -0.4 is 0 Å². The molecule has 2 aliphatic rings. The molecule has 1 aromatic carbocycles. The lowest BCUT2D eigenvalue weighted by Gasteiger charge is -2.27. The van der Waals surface area contributed by atoms with Gasteiger partial charge in [0.2, 0.25) is 0 Å². The van der Waals surface area contributed by atoms with Crippen molar-refractivity contribution in [2.45, 2.75) is 42.2 Å². The van der Waals surface area contributed by atoms with Gasteiger partial charge in [-0.25, -0.2) is 0 Å². The van der Waals surface area contributed by atoms with Crippen molar-refractivity contribution >= 4 is 11.8 Å². The number of fused-ring (bicyclic) bond motifs is 2. The van der Waals surface area contributed by atoms with Gasteiger partial charge in [-0.2, -0.15) is 0 Å². The SMILES string of the molecule is c1ccc(SC2C[C@H]3CC[C@@H](C2)C3)cc1. The summed E-state index contributed by atoms with van der Waals surface area (Å²) in [6, 6.07) is 10.9. The molecule has 0 radical (unpaired) electrons. The van der Waals surface area contributed by atoms with Crippen LogP contribution in [0.25, 0.3) is 0 Å². The first-order valence-electron chi connectivity index (χ1n) is 6.12. The highest BCUT2D eigenvalue weighted by molar-refractivity contribution is 8.00. The van der Waals surface area contributed by atoms with E-state index in [2.05, 4.69) is 42.1 Å². The Hall–Kier alpha value is -0.430. The van der Waals surface area contributed by atoms with Gasteiger partial charge in [0.1, 0.15) is 0 Å². The minimum absolute atomic E-state index is 0.902. The Morgan fingerprint density at radius 3 is 2.20 bits per heavy atom. The highest BCUT2D eigenvalue weighted by Crippen LogP contribution is 2.46. The molecule has 0 aliphatic heterocycles. The largest absolute Gasteiger partial charge is 0.123 e. The molecule has 15 heavy (non-hydrogen) atoms. The van der Waals surface area contributed by atoms with E-state index >= 15 is 0 Å². The second kappa shape index (κ2) is 4.21. The Labute approximate surface area is 96.5 Å². The fraction of sp³-hybridized carbons (Fsp3) is 0.571. The lowest BCUT2D eigenvalue weighted by Crippen LogP contribution is -2.17. The van der Waals surface area contributed by atoms with Gasteiger partial charge in [0.05, 0.1) is 0 Å². The summed E-state index contributed by atoms with van der Waals surface area (Å²) in [4.78, 5) is 1.46. The molecule has 1 aromatic rings. The highest BCUT2D eigenvalue weighted by Gasteiger charge is 2.34. The van der Waals surface area contributed by atoms with Crippen LogP contribution in [0.2, 0.25) is 0 Å². The van der Waals surface area contributed by atoms with Crippen molar-refractivity contribution in [1.29, 1.82) is 0 Å². The molecule has 80 valence electrons. The van der Waals surface area contributed by atoms with E-state index in [1.165, 1.54) is 37.0 Å². The van der Waals surface area contributed by atoms with Gasteiger partial charge in [-0.3, -0.25) is 0 Å². The Kier molecular flexibility index (Phi) is 2.74. The summed E-state index contributed by atoms with van der Waals surface area (Å²) >= 11 is 2.11. The lowest BCUT2D eigenvalue weighted by molar-refractivity contribution is 0.368. The predicted molar refractivity (Wildman–Crippen MR) is 66.2 cm³/mol. The topological polar surface area (TPSA) is 0 Å². The van der Waals surface area contributed by atoms with E-state index in [9.17, 15) is 0 Å². The van der Waals surface area contributed by atoms with E-state index < -0.39 is 0 Å². The summed E-state index contributed by atoms with van der Waals surface area (Å²) in [5, 5.41) is 0.902. The molecule has 0 nitrogen and oxygen atoms in total. The summed E-state index contributed by atoms with van der Waals surface area (Å²) in [6.07, 6.45) is 7.49. The van der Waals surface area contributed by atoms with Gasteiger partial charge in [-0.05, 0) is 43.2 Å². The van der Waals surface area contributed by atoms with Gasteiger partial charge in [0.25, 0.3) is 0 Å². The van der Waals surface area contributed by atoms with Crippen LogP contribution >= 0.6 is 11.8 Å². The Bertz CT molecular complexity index is 307. The van der Waals surface area contributed by atoms with Gasteiger partial charge in [-0.1, -0.05) is 31.0 Å². The van der Waals surface area contributed by atoms with Crippen molar-refractivity contribution in [2.24, 2.45) is 11.8 Å². The minimum Gasteiger partial charge on any atom is -0.123 e. The van der Waals surface area contributed by atoms with Crippen molar-refractivity contribution in [3.63, 3.8) is 0 Å². The van der Waals surface area contributed by atoms with Gasteiger partial charge in [0.15, 0.2) is 0 Å². The number of benzene rings is 1. The number of hydrogen-bond donors (Lipinski definition) is 0. The van der Waals surface area contributed by atoms with Crippen molar-refractivity contribution in [2.75, 3.05) is 0 Å². The van der Waals surface area contributed by atoms with Crippen LogP contribution in [0.5, 0.6) is 0 Å². The first-order chi connectivity index (χ1) is 7.40. The molecule has 0 saturated heterocycles. The molecule has 1 heteroatoms. The van der Waals surface area contributed by atoms with Crippen molar-refractivity contribution in [3.8, 4) is 0 Å². The molecule has 0 aromatic heterocycles. The number of rotatable bonds is 2. The quantitative estimate of drug-likeness (QED) is 0.711. The molecule has 3 rings (SSSR count). The molecule has 0 N–H and O–H groups in total. The zero-order valence-electron chi connectivity index (χ0n) is 9.06. The van der Waals surface area contributed by atoms with Crippen LogP contribution in [0, 0.1) is 11.8 Å². The summed E-state index contributed by atoms with van der Waals surface area (Å²) < 4.78 is 0. The van der Waals surface area contributed by atoms with E-state index in [0.717, 1.165) is 17.1 Å². The van der Waals surface area contributed by atoms with Gasteiger partial charge in [-0.15, -0.1) is 11.8 Å². The van der Waals surface area contributed by atoms with Gasteiger partial charge in [0, 0.05) is 10.1 Å². The van der Waals surface area contributed by atoms with Crippen LogP contribution in [0.15, 0.2) is 35.2 Å². The zero-order valence-corrected chi connectivity index (χ0v) is 9.88. The Morgan fingerprint density at radius 1 is 0.867 bits per heavy atom. The van der Waals surface area contributed by atoms with Crippen LogP contribution in [0.3, 0.4) is 0 Å². The summed E-state index contributed by atoms with van der Waals surface area (Å²) in [7, 11) is 0. The Balaban J connectivity index is 1.65. The third-order valence-electron chi connectivity index (χ3n) is 3.89. The second-order valence-electron chi connectivity index (χ2n) is 5.07. The van der Waals surface area contributed by atoms with E-state index in [-0.39, 0.29) is 0 Å². The average molecular weight is 218 g/mol. The first kappa shape index (κ1) is 9.77. The molecular weight excluding hydrogens is 200 g/mol. The van der Waals surface area contributed by atoms with E-state index in [1.807, 2.05) is 0 Å². The van der Waals surface area contributed by atoms with Crippen molar-refractivity contribution in [1.82, 2.24) is 0 Å². The highest BCUT2D eigenvalue weighted by atomic mass is 32.2. The normalized spacial score (nSPS) is 34.3. The standard InChI is InChI=1S/C14H18S/c1-2-4-13(5-3-1)15-14-9-11-6-7-12(8-11)10-14/h1-5,11-12,14H,6-10H2/t11-,12+,14?. The summed E-state index contributed by atoms with van der Waals surface area (Å²) in [6.45, 7) is 0. The lowest BCUT2D eigenvalue weighted by atomic mass is 9.89. The second-order valence-corrected chi connectivity index (χ2v) is 6.44. The van der Waals surface area contributed by atoms with E-state index in [0.29, 0.717) is 0 Å². The fourth-order valence-electron chi connectivity index (χ4n) is 3.23. The first-order valence-corrected chi connectivity index (χ1v) is 7.00. The van der Waals surface area contributed by atoms with E-state index in [1.54, 1.807) is 0 Å². The molecule has 0 spiro atoms. The Morgan fingerprint density at radius 2 is 1.53 bits per heavy atom. The van der Waals surface area contributed by atoms with E-state index in [4.69, 9.17) is 0 Å². The van der Waals surface area contributed by atoms with Gasteiger partial charge < -0.3 is 0 Å². The molecule has 0 heterocycles. The predicted octanol–water partition coefficient (Wildman–Crippen LogP) is 4.36. The summed E-state index contributed by atoms with van der Waals surface area (Å²) in [5.74, 6) is 2.12. The molecule has 2 aliphatic carbocycles. The maximum Gasteiger partial charge on any atom is 0.00996 e. The van der Waals surface area contributed by atoms with Gasteiger partial charge >= 0.3 is 0 Å². The summed E-state index contributed by atoms with van der Waals surface area (Å²) in [5.41, 5.74) is 0. The number of hydrogen-bond acceptors (Lipinski definition) is 1. The smallest absolute Gasteiger partial charge is 0.00996 e. The fourth-order valence-corrected chi connectivity index (χ4v) is 4.67. The maximum absolute atomic E-state index is 2.25. The third-order valence-corrected chi connectivity index (χ3v) is 5.15. The minimum atomic E-state index is 0.902.